The van der Waals surface area contributed by atoms with E-state index in [1.165, 1.54) is 0 Å². The van der Waals surface area contributed by atoms with Gasteiger partial charge in [0.05, 0.1) is 21.2 Å². The van der Waals surface area contributed by atoms with E-state index in [4.69, 9.17) is 0 Å². The van der Waals surface area contributed by atoms with Crippen molar-refractivity contribution < 1.29 is 8.42 Å². The Morgan fingerprint density at radius 1 is 0.842 bits per heavy atom. The first-order chi connectivity index (χ1) is 8.91. The first-order valence-corrected chi connectivity index (χ1v) is 7.60. The zero-order valence-electron chi connectivity index (χ0n) is 11.1. The van der Waals surface area contributed by atoms with Gasteiger partial charge in [0.15, 0.2) is 0 Å². The van der Waals surface area contributed by atoms with Crippen LogP contribution in [0.15, 0.2) is 46.2 Å². The number of sulfone groups is 1. The molecule has 0 saturated carbocycles. The number of anilines is 2. The summed E-state index contributed by atoms with van der Waals surface area (Å²) in [5.41, 5.74) is 3.49. The van der Waals surface area contributed by atoms with E-state index in [2.05, 4.69) is 0 Å². The smallest absolute Gasteiger partial charge is 0.210 e. The summed E-state index contributed by atoms with van der Waals surface area (Å²) < 4.78 is 25.4. The molecule has 0 aliphatic carbocycles. The molecule has 0 N–H and O–H groups in total. The molecule has 0 saturated heterocycles. The number of aryl methyl sites for hydroxylation is 2. The van der Waals surface area contributed by atoms with Crippen molar-refractivity contribution in [3.8, 4) is 0 Å². The van der Waals surface area contributed by atoms with Gasteiger partial charge in [0.25, 0.3) is 0 Å². The van der Waals surface area contributed by atoms with E-state index in [1.807, 2.05) is 50.1 Å². The molecule has 0 bridgehead atoms. The van der Waals surface area contributed by atoms with Gasteiger partial charge in [-0.2, -0.15) is 0 Å². The first-order valence-electron chi connectivity index (χ1n) is 6.11. The van der Waals surface area contributed by atoms with E-state index in [9.17, 15) is 8.42 Å². The quantitative estimate of drug-likeness (QED) is 0.739. The lowest BCUT2D eigenvalue weighted by Gasteiger charge is -2.30. The van der Waals surface area contributed by atoms with E-state index in [0.717, 1.165) is 22.5 Å². The third-order valence-corrected chi connectivity index (χ3v) is 5.36. The van der Waals surface area contributed by atoms with Gasteiger partial charge < -0.3 is 4.90 Å². The molecular formula is C15H15NO2S. The summed E-state index contributed by atoms with van der Waals surface area (Å²) in [6.07, 6.45) is 0. The maximum absolute atomic E-state index is 12.7. The topological polar surface area (TPSA) is 37.4 Å². The lowest BCUT2D eigenvalue weighted by molar-refractivity contribution is 0.594. The molecule has 0 fully saturated rings. The van der Waals surface area contributed by atoms with Crippen LogP contribution < -0.4 is 4.90 Å². The zero-order chi connectivity index (χ0) is 13.8. The van der Waals surface area contributed by atoms with Crippen LogP contribution in [0.1, 0.15) is 11.1 Å². The third kappa shape index (κ3) is 1.67. The molecule has 98 valence electrons. The number of nitrogens with zero attached hydrogens (tertiary/aromatic N) is 1. The van der Waals surface area contributed by atoms with Crippen LogP contribution in [0.4, 0.5) is 11.4 Å². The van der Waals surface area contributed by atoms with Gasteiger partial charge in [0.2, 0.25) is 9.84 Å². The maximum atomic E-state index is 12.7. The molecule has 3 nitrogen and oxygen atoms in total. The van der Waals surface area contributed by atoms with Crippen molar-refractivity contribution in [2.45, 2.75) is 23.6 Å². The second-order valence-electron chi connectivity index (χ2n) is 5.00. The van der Waals surface area contributed by atoms with Crippen LogP contribution in [-0.4, -0.2) is 15.5 Å². The molecule has 0 unspecified atom stereocenters. The fraction of sp³-hybridized carbons (Fsp3) is 0.200. The van der Waals surface area contributed by atoms with Gasteiger partial charge in [-0.15, -0.1) is 0 Å². The Hall–Kier alpha value is -1.81. The molecular weight excluding hydrogens is 258 g/mol. The Morgan fingerprint density at radius 3 is 2.21 bits per heavy atom. The minimum absolute atomic E-state index is 0.388. The lowest BCUT2D eigenvalue weighted by atomic mass is 10.1. The summed E-state index contributed by atoms with van der Waals surface area (Å²) in [7, 11) is -1.51. The van der Waals surface area contributed by atoms with Crippen LogP contribution in [0.2, 0.25) is 0 Å². The van der Waals surface area contributed by atoms with Crippen LogP contribution in [0, 0.1) is 13.8 Å². The SMILES string of the molecule is Cc1ccc2c(c1)N(C)c1ccc(C)cc1S2(=O)=O. The number of fused-ring (bicyclic) bond motifs is 2. The molecule has 4 heteroatoms. The zero-order valence-corrected chi connectivity index (χ0v) is 12.0. The summed E-state index contributed by atoms with van der Waals surface area (Å²) in [4.78, 5) is 2.73. The minimum atomic E-state index is -3.42. The van der Waals surface area contributed by atoms with Crippen molar-refractivity contribution >= 4 is 21.2 Å². The number of rotatable bonds is 0. The van der Waals surface area contributed by atoms with Gasteiger partial charge in [0, 0.05) is 7.05 Å². The fourth-order valence-corrected chi connectivity index (χ4v) is 4.26. The predicted octanol–water partition coefficient (Wildman–Crippen LogP) is 3.22. The summed E-state index contributed by atoms with van der Waals surface area (Å²) in [5, 5.41) is 0. The molecule has 0 aromatic heterocycles. The highest BCUT2D eigenvalue weighted by molar-refractivity contribution is 7.92. The van der Waals surface area contributed by atoms with E-state index >= 15 is 0 Å². The Morgan fingerprint density at radius 2 is 1.47 bits per heavy atom. The molecule has 2 aromatic carbocycles. The van der Waals surface area contributed by atoms with Crippen LogP contribution in [0.5, 0.6) is 0 Å². The van der Waals surface area contributed by atoms with Gasteiger partial charge in [-0.25, -0.2) is 8.42 Å². The van der Waals surface area contributed by atoms with Crippen molar-refractivity contribution in [2.75, 3.05) is 11.9 Å². The molecule has 0 radical (unpaired) electrons. The average molecular weight is 273 g/mol. The number of hydrogen-bond acceptors (Lipinski definition) is 3. The third-order valence-electron chi connectivity index (χ3n) is 3.53. The van der Waals surface area contributed by atoms with Crippen LogP contribution in [0.25, 0.3) is 0 Å². The molecule has 0 spiro atoms. The second kappa shape index (κ2) is 3.84. The molecule has 2 aromatic rings. The van der Waals surface area contributed by atoms with Gasteiger partial charge >= 0.3 is 0 Å². The molecule has 3 rings (SSSR count). The van der Waals surface area contributed by atoms with Gasteiger partial charge in [-0.3, -0.25) is 0 Å². The van der Waals surface area contributed by atoms with Crippen LogP contribution in [-0.2, 0) is 9.84 Å². The van der Waals surface area contributed by atoms with Crippen LogP contribution >= 0.6 is 0 Å². The van der Waals surface area contributed by atoms with Gasteiger partial charge in [0.1, 0.15) is 0 Å². The maximum Gasteiger partial charge on any atom is 0.210 e. The Kier molecular flexibility index (Phi) is 2.47. The standard InChI is InChI=1S/C15H15NO2S/c1-10-5-7-14-13(8-10)16(3)12-6-4-11(2)9-15(12)19(14,17)18/h4-9H,1-3H3. The van der Waals surface area contributed by atoms with Crippen LogP contribution in [0.3, 0.4) is 0 Å². The normalized spacial score (nSPS) is 15.8. The average Bonchev–Trinajstić information content (AvgIpc) is 2.36. The molecule has 0 atom stereocenters. The summed E-state index contributed by atoms with van der Waals surface area (Å²) in [6, 6.07) is 11.0. The highest BCUT2D eigenvalue weighted by atomic mass is 32.2. The summed E-state index contributed by atoms with van der Waals surface area (Å²) in [5.74, 6) is 0. The van der Waals surface area contributed by atoms with Gasteiger partial charge in [-0.1, -0.05) is 12.1 Å². The van der Waals surface area contributed by atoms with E-state index in [1.54, 1.807) is 12.1 Å². The van der Waals surface area contributed by atoms with Crippen molar-refractivity contribution in [3.05, 3.63) is 47.5 Å². The summed E-state index contributed by atoms with van der Waals surface area (Å²) >= 11 is 0. The Bertz CT molecular complexity index is 779. The summed E-state index contributed by atoms with van der Waals surface area (Å²) in [6.45, 7) is 3.87. The Labute approximate surface area is 113 Å². The highest BCUT2D eigenvalue weighted by Crippen LogP contribution is 2.43. The Balaban J connectivity index is 2.40. The molecule has 0 amide bonds. The van der Waals surface area contributed by atoms with Crippen molar-refractivity contribution in [1.82, 2.24) is 0 Å². The molecule has 1 heterocycles. The predicted molar refractivity (Wildman–Crippen MR) is 75.9 cm³/mol. The van der Waals surface area contributed by atoms with E-state index in [0.29, 0.717) is 9.79 Å². The van der Waals surface area contributed by atoms with Crippen molar-refractivity contribution in [2.24, 2.45) is 0 Å². The van der Waals surface area contributed by atoms with Crippen molar-refractivity contribution in [1.29, 1.82) is 0 Å². The molecule has 1 aliphatic heterocycles. The van der Waals surface area contributed by atoms with Gasteiger partial charge in [-0.05, 0) is 49.2 Å². The lowest BCUT2D eigenvalue weighted by Crippen LogP contribution is -2.22. The minimum Gasteiger partial charge on any atom is -0.342 e. The number of benzene rings is 2. The first kappa shape index (κ1) is 12.2. The molecule has 1 aliphatic rings. The van der Waals surface area contributed by atoms with E-state index < -0.39 is 9.84 Å². The molecule has 19 heavy (non-hydrogen) atoms. The second-order valence-corrected chi connectivity index (χ2v) is 6.89. The number of hydrogen-bond donors (Lipinski definition) is 0. The monoisotopic (exact) mass is 273 g/mol. The van der Waals surface area contributed by atoms with Crippen molar-refractivity contribution in [3.63, 3.8) is 0 Å². The largest absolute Gasteiger partial charge is 0.342 e. The van der Waals surface area contributed by atoms with E-state index in [-0.39, 0.29) is 0 Å². The fourth-order valence-electron chi connectivity index (χ4n) is 2.48. The highest BCUT2D eigenvalue weighted by Gasteiger charge is 2.32.